The molecule has 2 fully saturated rings. The van der Waals surface area contributed by atoms with E-state index >= 15 is 0 Å². The second-order valence-corrected chi connectivity index (χ2v) is 8.39. The highest BCUT2D eigenvalue weighted by Gasteiger charge is 2.35. The molecule has 0 radical (unpaired) electrons. The van der Waals surface area contributed by atoms with Crippen LogP contribution in [0.4, 0.5) is 5.69 Å². The molecule has 146 valence electrons. The molecule has 7 nitrogen and oxygen atoms in total. The smallest absolute Gasteiger partial charge is 0.226 e. The van der Waals surface area contributed by atoms with Crippen LogP contribution < -0.4 is 4.90 Å². The fourth-order valence-electron chi connectivity index (χ4n) is 4.09. The predicted octanol–water partition coefficient (Wildman–Crippen LogP) is 2.89. The predicted molar refractivity (Wildman–Crippen MR) is 108 cm³/mol. The molecule has 28 heavy (non-hydrogen) atoms. The number of nitrogens with zero attached hydrogens (tertiary/aromatic N) is 6. The largest absolute Gasteiger partial charge is 0.370 e. The van der Waals surface area contributed by atoms with E-state index in [0.717, 1.165) is 73.0 Å². The molecule has 0 saturated carbocycles. The van der Waals surface area contributed by atoms with Gasteiger partial charge in [0.1, 0.15) is 16.1 Å². The Morgan fingerprint density at radius 1 is 1.29 bits per heavy atom. The molecule has 0 spiro atoms. The number of anilines is 1. The molecule has 4 heterocycles. The summed E-state index contributed by atoms with van der Waals surface area (Å²) in [5.41, 5.74) is 2.12. The van der Waals surface area contributed by atoms with Gasteiger partial charge in [-0.2, -0.15) is 5.26 Å². The molecule has 1 amide bonds. The molecule has 0 aliphatic carbocycles. The lowest BCUT2D eigenvalue weighted by Gasteiger charge is -2.35. The van der Waals surface area contributed by atoms with E-state index in [4.69, 9.17) is 0 Å². The van der Waals surface area contributed by atoms with Crippen molar-refractivity contribution in [2.75, 3.05) is 24.5 Å². The Kier molecular flexibility index (Phi) is 5.53. The first-order valence-electron chi connectivity index (χ1n) is 9.93. The molecule has 0 bridgehead atoms. The van der Waals surface area contributed by atoms with Crippen LogP contribution in [0.3, 0.4) is 0 Å². The van der Waals surface area contributed by atoms with Crippen molar-refractivity contribution in [3.05, 3.63) is 23.5 Å². The molecular weight excluding hydrogens is 372 g/mol. The highest BCUT2D eigenvalue weighted by molar-refractivity contribution is 7.14. The third-order valence-electron chi connectivity index (χ3n) is 5.67. The molecule has 2 aromatic heterocycles. The number of aromatic nitrogens is 3. The summed E-state index contributed by atoms with van der Waals surface area (Å²) in [6.07, 6.45) is 7.90. The highest BCUT2D eigenvalue weighted by atomic mass is 32.1. The summed E-state index contributed by atoms with van der Waals surface area (Å²) >= 11 is 1.62. The van der Waals surface area contributed by atoms with E-state index in [-0.39, 0.29) is 17.9 Å². The molecule has 8 heteroatoms. The summed E-state index contributed by atoms with van der Waals surface area (Å²) in [5, 5.41) is 19.8. The molecule has 0 N–H and O–H groups in total. The van der Waals surface area contributed by atoms with Gasteiger partial charge in [-0.25, -0.2) is 0 Å². The van der Waals surface area contributed by atoms with Crippen LogP contribution in [0.25, 0.3) is 10.6 Å². The van der Waals surface area contributed by atoms with Gasteiger partial charge in [0, 0.05) is 37.3 Å². The van der Waals surface area contributed by atoms with Crippen molar-refractivity contribution < 1.29 is 4.79 Å². The van der Waals surface area contributed by atoms with Crippen LogP contribution in [0.1, 0.15) is 37.6 Å². The highest BCUT2D eigenvalue weighted by Crippen LogP contribution is 2.35. The van der Waals surface area contributed by atoms with Gasteiger partial charge < -0.3 is 9.80 Å². The van der Waals surface area contributed by atoms with E-state index in [2.05, 4.69) is 33.1 Å². The molecule has 2 saturated heterocycles. The molecule has 1 atom stereocenters. The van der Waals surface area contributed by atoms with Gasteiger partial charge in [0.25, 0.3) is 0 Å². The van der Waals surface area contributed by atoms with Gasteiger partial charge >= 0.3 is 0 Å². The average molecular weight is 397 g/mol. The van der Waals surface area contributed by atoms with Gasteiger partial charge in [-0.1, -0.05) is 18.3 Å². The van der Waals surface area contributed by atoms with Crippen molar-refractivity contribution in [3.63, 3.8) is 0 Å². The monoisotopic (exact) mass is 396 g/mol. The molecule has 0 aromatic carbocycles. The van der Waals surface area contributed by atoms with Gasteiger partial charge in [0.15, 0.2) is 0 Å². The number of carbonyl (C=O) groups excluding carboxylic acids is 1. The van der Waals surface area contributed by atoms with E-state index in [1.165, 1.54) is 0 Å². The van der Waals surface area contributed by atoms with Crippen LogP contribution in [-0.4, -0.2) is 51.7 Å². The Morgan fingerprint density at radius 3 is 2.82 bits per heavy atom. The number of piperidine rings is 1. The lowest BCUT2D eigenvalue weighted by Crippen LogP contribution is -2.44. The Balaban J connectivity index is 1.46. The average Bonchev–Trinajstić information content (AvgIpc) is 3.42. The van der Waals surface area contributed by atoms with Crippen molar-refractivity contribution in [2.24, 2.45) is 5.92 Å². The lowest BCUT2D eigenvalue weighted by atomic mass is 9.94. The SMILES string of the molecule is CCc1nnc(-c2ccncc2N2CCC(C(=O)N3CCC[C@@H]3C#N)CC2)s1. The van der Waals surface area contributed by atoms with Crippen LogP contribution >= 0.6 is 11.3 Å². The van der Waals surface area contributed by atoms with E-state index in [9.17, 15) is 10.1 Å². The number of likely N-dealkylation sites (tertiary alicyclic amines) is 1. The number of nitriles is 1. The first-order chi connectivity index (χ1) is 13.7. The number of hydrogen-bond acceptors (Lipinski definition) is 7. The Morgan fingerprint density at radius 2 is 2.11 bits per heavy atom. The van der Waals surface area contributed by atoms with Crippen molar-refractivity contribution >= 4 is 22.9 Å². The van der Waals surface area contributed by atoms with Crippen LogP contribution in [0.15, 0.2) is 18.5 Å². The zero-order valence-corrected chi connectivity index (χ0v) is 16.9. The van der Waals surface area contributed by atoms with Crippen LogP contribution in [-0.2, 0) is 11.2 Å². The third-order valence-corrected chi connectivity index (χ3v) is 6.77. The Labute approximate surface area is 169 Å². The number of hydrogen-bond donors (Lipinski definition) is 0. The summed E-state index contributed by atoms with van der Waals surface area (Å²) in [6.45, 7) is 4.41. The van der Waals surface area contributed by atoms with Crippen LogP contribution in [0.5, 0.6) is 0 Å². The van der Waals surface area contributed by atoms with Gasteiger partial charge in [-0.15, -0.1) is 10.2 Å². The van der Waals surface area contributed by atoms with Crippen LogP contribution in [0, 0.1) is 17.2 Å². The molecule has 2 aliphatic rings. The number of amides is 1. The quantitative estimate of drug-likeness (QED) is 0.790. The zero-order valence-electron chi connectivity index (χ0n) is 16.0. The molecular formula is C20H24N6OS. The summed E-state index contributed by atoms with van der Waals surface area (Å²) in [6, 6.07) is 4.03. The second kappa shape index (κ2) is 8.23. The van der Waals surface area contributed by atoms with E-state index < -0.39 is 0 Å². The van der Waals surface area contributed by atoms with Gasteiger partial charge in [-0.05, 0) is 38.2 Å². The van der Waals surface area contributed by atoms with E-state index in [1.807, 2.05) is 12.3 Å². The maximum absolute atomic E-state index is 12.9. The van der Waals surface area contributed by atoms with Gasteiger partial charge in [0.05, 0.1) is 18.0 Å². The van der Waals surface area contributed by atoms with Gasteiger partial charge in [0.2, 0.25) is 5.91 Å². The normalized spacial score (nSPS) is 20.4. The molecule has 0 unspecified atom stereocenters. The fraction of sp³-hybridized carbons (Fsp3) is 0.550. The summed E-state index contributed by atoms with van der Waals surface area (Å²) in [7, 11) is 0. The number of aryl methyl sites for hydroxylation is 1. The first-order valence-corrected chi connectivity index (χ1v) is 10.7. The minimum atomic E-state index is -0.236. The van der Waals surface area contributed by atoms with Crippen molar-refractivity contribution in [1.82, 2.24) is 20.1 Å². The molecule has 4 rings (SSSR count). The van der Waals surface area contributed by atoms with Crippen molar-refractivity contribution in [3.8, 4) is 16.6 Å². The number of rotatable bonds is 4. The molecule has 2 aliphatic heterocycles. The fourth-order valence-corrected chi connectivity index (χ4v) is 4.90. The maximum Gasteiger partial charge on any atom is 0.226 e. The second-order valence-electron chi connectivity index (χ2n) is 7.33. The summed E-state index contributed by atoms with van der Waals surface area (Å²) in [4.78, 5) is 21.3. The minimum Gasteiger partial charge on any atom is -0.370 e. The van der Waals surface area contributed by atoms with Crippen LogP contribution in [0.2, 0.25) is 0 Å². The summed E-state index contributed by atoms with van der Waals surface area (Å²) < 4.78 is 0. The topological polar surface area (TPSA) is 86.0 Å². The minimum absolute atomic E-state index is 0.0125. The lowest BCUT2D eigenvalue weighted by molar-refractivity contribution is -0.136. The van der Waals surface area contributed by atoms with Crippen molar-refractivity contribution in [2.45, 2.75) is 45.1 Å². The zero-order chi connectivity index (χ0) is 19.5. The third kappa shape index (κ3) is 3.59. The Bertz CT molecular complexity index is 883. The van der Waals surface area contributed by atoms with E-state index in [0.29, 0.717) is 0 Å². The molecule has 2 aromatic rings. The standard InChI is InChI=1S/C20H24N6OS/c1-2-18-23-24-19(28-18)16-5-8-22-13-17(16)25-10-6-14(7-11-25)20(27)26-9-3-4-15(26)12-21/h5,8,13-15H,2-4,6-7,9-11H2,1H3/t15-/m1/s1. The van der Waals surface area contributed by atoms with E-state index in [1.54, 1.807) is 22.4 Å². The first kappa shape index (κ1) is 18.8. The Hall–Kier alpha value is -2.53. The number of carbonyl (C=O) groups is 1. The van der Waals surface area contributed by atoms with Gasteiger partial charge in [-0.3, -0.25) is 9.78 Å². The number of pyridine rings is 1. The maximum atomic E-state index is 12.9. The van der Waals surface area contributed by atoms with Crippen molar-refractivity contribution in [1.29, 1.82) is 5.26 Å². The summed E-state index contributed by atoms with van der Waals surface area (Å²) in [5.74, 6) is 0.172.